The molecule has 0 spiro atoms. The van der Waals surface area contributed by atoms with Gasteiger partial charge in [0.2, 0.25) is 5.91 Å². The van der Waals surface area contributed by atoms with Gasteiger partial charge in [0.05, 0.1) is 0 Å². The van der Waals surface area contributed by atoms with Crippen molar-refractivity contribution in [3.05, 3.63) is 71.4 Å². The number of piperidine rings is 1. The lowest BCUT2D eigenvalue weighted by Gasteiger charge is -2.35. The lowest BCUT2D eigenvalue weighted by molar-refractivity contribution is -0.121. The summed E-state index contributed by atoms with van der Waals surface area (Å²) in [5.74, 6) is 0.163. The highest BCUT2D eigenvalue weighted by atomic mass is 16.1. The van der Waals surface area contributed by atoms with Crippen molar-refractivity contribution in [3.8, 4) is 0 Å². The Labute approximate surface area is 199 Å². The van der Waals surface area contributed by atoms with Gasteiger partial charge >= 0.3 is 0 Å². The number of benzene rings is 2. The number of hydrogen-bond acceptors (Lipinski definition) is 2. The molecule has 1 aromatic heterocycles. The molecule has 4 rings (SSSR count). The van der Waals surface area contributed by atoms with Crippen molar-refractivity contribution in [2.24, 2.45) is 0 Å². The summed E-state index contributed by atoms with van der Waals surface area (Å²) in [6.07, 6.45) is 9.86. The number of carbonyl (C=O) groups excluding carboxylic acids is 1. The fraction of sp³-hybridized carbons (Fsp3) is 0.483. The normalized spacial score (nSPS) is 16.8. The van der Waals surface area contributed by atoms with Crippen LogP contribution in [0.1, 0.15) is 62.1 Å². The molecule has 1 fully saturated rings. The molecule has 0 bridgehead atoms. The lowest BCUT2D eigenvalue weighted by atomic mass is 10.00. The monoisotopic (exact) mass is 445 g/mol. The molecule has 1 atom stereocenters. The maximum absolute atomic E-state index is 12.5. The zero-order valence-electron chi connectivity index (χ0n) is 20.4. The van der Waals surface area contributed by atoms with E-state index in [1.807, 2.05) is 0 Å². The molecule has 0 saturated carbocycles. The number of rotatable bonds is 10. The van der Waals surface area contributed by atoms with Crippen LogP contribution in [0.4, 0.5) is 0 Å². The second-order valence-corrected chi connectivity index (χ2v) is 9.52. The van der Waals surface area contributed by atoms with Gasteiger partial charge < -0.3 is 14.8 Å². The molecular weight excluding hydrogens is 406 g/mol. The van der Waals surface area contributed by atoms with Gasteiger partial charge in [0.1, 0.15) is 0 Å². The van der Waals surface area contributed by atoms with Crippen LogP contribution in [0, 0.1) is 6.92 Å². The number of amides is 1. The molecule has 4 nitrogen and oxygen atoms in total. The van der Waals surface area contributed by atoms with E-state index in [0.717, 1.165) is 38.5 Å². The summed E-state index contributed by atoms with van der Waals surface area (Å²) in [5, 5.41) is 4.41. The Morgan fingerprint density at radius 2 is 1.88 bits per heavy atom. The molecule has 176 valence electrons. The first-order valence-corrected chi connectivity index (χ1v) is 12.8. The van der Waals surface area contributed by atoms with E-state index < -0.39 is 0 Å². The number of aryl methyl sites for hydroxylation is 2. The van der Waals surface area contributed by atoms with Gasteiger partial charge in [0, 0.05) is 49.2 Å². The van der Waals surface area contributed by atoms with Crippen molar-refractivity contribution in [1.29, 1.82) is 0 Å². The molecule has 0 aliphatic carbocycles. The maximum atomic E-state index is 12.5. The zero-order chi connectivity index (χ0) is 23.0. The van der Waals surface area contributed by atoms with Gasteiger partial charge in [-0.05, 0) is 68.3 Å². The van der Waals surface area contributed by atoms with Gasteiger partial charge in [-0.25, -0.2) is 0 Å². The molecule has 4 heteroatoms. The molecule has 1 N–H and O–H groups in total. The number of nitrogens with one attached hydrogen (secondary N) is 1. The number of nitrogens with zero attached hydrogens (tertiary/aromatic N) is 2. The molecule has 2 aromatic carbocycles. The largest absolute Gasteiger partial charge is 0.356 e. The average molecular weight is 446 g/mol. The first-order chi connectivity index (χ1) is 16.2. The summed E-state index contributed by atoms with van der Waals surface area (Å²) < 4.78 is 2.33. The topological polar surface area (TPSA) is 37.3 Å². The summed E-state index contributed by atoms with van der Waals surface area (Å²) >= 11 is 0. The van der Waals surface area contributed by atoms with Crippen LogP contribution in [0.3, 0.4) is 0 Å². The van der Waals surface area contributed by atoms with Gasteiger partial charge in [-0.3, -0.25) is 4.79 Å². The summed E-state index contributed by atoms with van der Waals surface area (Å²) in [6.45, 7) is 8.42. The minimum atomic E-state index is 0.163. The number of likely N-dealkylation sites (tertiary alicyclic amines) is 1. The van der Waals surface area contributed by atoms with Gasteiger partial charge in [-0.2, -0.15) is 0 Å². The van der Waals surface area contributed by atoms with Crippen molar-refractivity contribution < 1.29 is 4.79 Å². The van der Waals surface area contributed by atoms with Crippen LogP contribution >= 0.6 is 0 Å². The third kappa shape index (κ3) is 6.05. The van der Waals surface area contributed by atoms with Crippen LogP contribution < -0.4 is 5.32 Å². The SMILES string of the molecule is CC[C@H]1CCCCN1CCCNC(=O)CCc1cn(Cc2ccccc2C)c2ccccc12. The van der Waals surface area contributed by atoms with E-state index in [-0.39, 0.29) is 5.91 Å². The molecule has 1 aliphatic rings. The van der Waals surface area contributed by atoms with Gasteiger partial charge in [-0.1, -0.05) is 55.8 Å². The van der Waals surface area contributed by atoms with E-state index in [1.165, 1.54) is 59.8 Å². The average Bonchev–Trinajstić information content (AvgIpc) is 3.19. The summed E-state index contributed by atoms with van der Waals surface area (Å²) in [6, 6.07) is 17.8. The van der Waals surface area contributed by atoms with Crippen molar-refractivity contribution in [1.82, 2.24) is 14.8 Å². The van der Waals surface area contributed by atoms with Gasteiger partial charge in [0.15, 0.2) is 0 Å². The highest BCUT2D eigenvalue weighted by Crippen LogP contribution is 2.24. The van der Waals surface area contributed by atoms with E-state index in [2.05, 4.69) is 83.4 Å². The molecule has 3 aromatic rings. The molecule has 1 saturated heterocycles. The summed E-state index contributed by atoms with van der Waals surface area (Å²) in [4.78, 5) is 15.2. The summed E-state index contributed by atoms with van der Waals surface area (Å²) in [7, 11) is 0. The molecule has 1 amide bonds. The van der Waals surface area contributed by atoms with Crippen LogP contribution in [-0.4, -0.2) is 41.1 Å². The van der Waals surface area contributed by atoms with Gasteiger partial charge in [-0.15, -0.1) is 0 Å². The third-order valence-corrected chi connectivity index (χ3v) is 7.26. The Hall–Kier alpha value is -2.59. The molecule has 1 aliphatic heterocycles. The highest BCUT2D eigenvalue weighted by molar-refractivity contribution is 5.85. The highest BCUT2D eigenvalue weighted by Gasteiger charge is 2.20. The van der Waals surface area contributed by atoms with Crippen molar-refractivity contribution in [3.63, 3.8) is 0 Å². The summed E-state index contributed by atoms with van der Waals surface area (Å²) in [5.41, 5.74) is 5.14. The number of para-hydroxylation sites is 1. The van der Waals surface area contributed by atoms with Crippen LogP contribution in [-0.2, 0) is 17.8 Å². The predicted octanol–water partition coefficient (Wildman–Crippen LogP) is 5.70. The molecule has 0 radical (unpaired) electrons. The van der Waals surface area contributed by atoms with Gasteiger partial charge in [0.25, 0.3) is 0 Å². The Morgan fingerprint density at radius 1 is 1.06 bits per heavy atom. The second-order valence-electron chi connectivity index (χ2n) is 9.52. The van der Waals surface area contributed by atoms with E-state index in [9.17, 15) is 4.79 Å². The Kier molecular flexibility index (Phi) is 8.22. The van der Waals surface area contributed by atoms with E-state index in [4.69, 9.17) is 0 Å². The Morgan fingerprint density at radius 3 is 2.73 bits per heavy atom. The first-order valence-electron chi connectivity index (χ1n) is 12.8. The van der Waals surface area contributed by atoms with E-state index in [1.54, 1.807) is 0 Å². The third-order valence-electron chi connectivity index (χ3n) is 7.26. The first kappa shape index (κ1) is 23.6. The number of fused-ring (bicyclic) bond motifs is 1. The van der Waals surface area contributed by atoms with Crippen LogP contribution in [0.5, 0.6) is 0 Å². The van der Waals surface area contributed by atoms with Crippen LogP contribution in [0.25, 0.3) is 10.9 Å². The maximum Gasteiger partial charge on any atom is 0.220 e. The van der Waals surface area contributed by atoms with Crippen LogP contribution in [0.15, 0.2) is 54.7 Å². The molecular formula is C29H39N3O. The van der Waals surface area contributed by atoms with Crippen LogP contribution in [0.2, 0.25) is 0 Å². The Balaban J connectivity index is 1.30. The Bertz CT molecular complexity index is 1050. The molecule has 33 heavy (non-hydrogen) atoms. The number of carbonyl (C=O) groups is 1. The second kappa shape index (κ2) is 11.5. The fourth-order valence-electron chi connectivity index (χ4n) is 5.29. The quantitative estimate of drug-likeness (QED) is 0.406. The number of hydrogen-bond donors (Lipinski definition) is 1. The van der Waals surface area contributed by atoms with Crippen molar-refractivity contribution in [2.75, 3.05) is 19.6 Å². The van der Waals surface area contributed by atoms with E-state index in [0.29, 0.717) is 6.42 Å². The predicted molar refractivity (Wildman–Crippen MR) is 138 cm³/mol. The fourth-order valence-corrected chi connectivity index (χ4v) is 5.29. The molecule has 2 heterocycles. The standard InChI is InChI=1S/C29H39N3O/c1-3-26-13-8-9-19-31(26)20-10-18-30-29(33)17-16-25-22-32(28-15-7-6-14-27(25)28)21-24-12-5-4-11-23(24)2/h4-7,11-12,14-15,22,26H,3,8-10,13,16-21H2,1-2H3,(H,30,33)/t26-/m0/s1. The zero-order valence-corrected chi connectivity index (χ0v) is 20.4. The van der Waals surface area contributed by atoms with Crippen molar-refractivity contribution >= 4 is 16.8 Å². The van der Waals surface area contributed by atoms with E-state index >= 15 is 0 Å². The number of aromatic nitrogens is 1. The van der Waals surface area contributed by atoms with Crippen molar-refractivity contribution in [2.45, 2.75) is 71.4 Å². The minimum absolute atomic E-state index is 0.163. The smallest absolute Gasteiger partial charge is 0.220 e. The minimum Gasteiger partial charge on any atom is -0.356 e. The lowest BCUT2D eigenvalue weighted by Crippen LogP contribution is -2.40. The molecule has 0 unspecified atom stereocenters.